The number of ether oxygens (including phenoxy) is 6. The minimum atomic E-state index is -0.422. The number of benzene rings is 9. The van der Waals surface area contributed by atoms with Gasteiger partial charge in [0.1, 0.15) is 46.7 Å². The Morgan fingerprint density at radius 2 is 0.614 bits per heavy atom. The minimum absolute atomic E-state index is 0.277. The molecule has 0 aliphatic carbocycles. The molecule has 8 N–H and O–H groups in total. The molecular formula is C104H94ClFN16O10. The molecule has 0 saturated heterocycles. The molecule has 28 heteroatoms. The van der Waals surface area contributed by atoms with Crippen molar-refractivity contribution < 1.29 is 52.0 Å². The summed E-state index contributed by atoms with van der Waals surface area (Å²) in [5.74, 6) is 1.19. The first-order valence-corrected chi connectivity index (χ1v) is 42.9. The van der Waals surface area contributed by atoms with Crippen molar-refractivity contribution in [2.24, 2.45) is 0 Å². The number of halogens is 2. The Morgan fingerprint density at radius 1 is 0.326 bits per heavy atom. The molecule has 17 aromatic rings. The van der Waals surface area contributed by atoms with Gasteiger partial charge in [0.25, 0.3) is 0 Å². The van der Waals surface area contributed by atoms with Crippen molar-refractivity contribution in [2.45, 2.75) is 62.0 Å². The second-order valence-electron chi connectivity index (χ2n) is 29.5. The largest absolute Gasteiger partial charge is 0.497 e. The third kappa shape index (κ3) is 22.8. The lowest BCUT2D eigenvalue weighted by Crippen LogP contribution is -2.06. The minimum Gasteiger partial charge on any atom is -0.497 e. The fourth-order valence-corrected chi connectivity index (χ4v) is 14.9. The molecule has 0 aliphatic rings. The summed E-state index contributed by atoms with van der Waals surface area (Å²) in [4.78, 5) is 99.8. The molecule has 664 valence electrons. The fraction of sp³-hybridized carbons (Fsp3) is 0.135. The van der Waals surface area contributed by atoms with E-state index in [0.717, 1.165) is 124 Å². The molecule has 17 rings (SSSR count). The maximum absolute atomic E-state index is 13.2. The maximum Gasteiger partial charge on any atom is 0.355 e. The molecule has 0 saturated carbocycles. The molecule has 0 aliphatic heterocycles. The summed E-state index contributed by atoms with van der Waals surface area (Å²) in [6, 6.07) is 84.6. The lowest BCUT2D eigenvalue weighted by atomic mass is 9.98. The van der Waals surface area contributed by atoms with Gasteiger partial charge in [-0.15, -0.1) is 0 Å². The topological polar surface area (TPSA) is 338 Å². The van der Waals surface area contributed by atoms with Crippen LogP contribution in [0.15, 0.2) is 298 Å². The van der Waals surface area contributed by atoms with E-state index in [1.807, 2.05) is 258 Å². The number of hydrogen-bond acceptors (Lipinski definition) is 22. The number of rotatable bonds is 28. The monoisotopic (exact) mass is 1780 g/mol. The Labute approximate surface area is 767 Å². The van der Waals surface area contributed by atoms with Crippen LogP contribution in [0.5, 0.6) is 11.5 Å². The summed E-state index contributed by atoms with van der Waals surface area (Å²) in [5, 5.41) is 13.4. The highest BCUT2D eigenvalue weighted by Gasteiger charge is 2.30. The lowest BCUT2D eigenvalue weighted by Gasteiger charge is -2.11. The van der Waals surface area contributed by atoms with Gasteiger partial charge in [-0.2, -0.15) is 0 Å². The Morgan fingerprint density at radius 3 is 0.924 bits per heavy atom. The van der Waals surface area contributed by atoms with Gasteiger partial charge in [-0.05, 0) is 174 Å². The average molecular weight is 1780 g/mol. The first-order chi connectivity index (χ1) is 64.3. The normalized spacial score (nSPS) is 10.7. The van der Waals surface area contributed by atoms with Crippen LogP contribution in [0, 0.1) is 33.5 Å². The van der Waals surface area contributed by atoms with Crippen molar-refractivity contribution in [3.05, 3.63) is 360 Å². The van der Waals surface area contributed by atoms with E-state index >= 15 is 0 Å². The second-order valence-corrected chi connectivity index (χ2v) is 29.9. The Hall–Kier alpha value is -16.7. The highest BCUT2D eigenvalue weighted by Crippen LogP contribution is 2.43. The molecule has 8 heterocycles. The zero-order chi connectivity index (χ0) is 92.4. The molecule has 9 aromatic carbocycles. The molecule has 132 heavy (non-hydrogen) atoms. The number of esters is 4. The summed E-state index contributed by atoms with van der Waals surface area (Å²) < 4.78 is 45.6. The van der Waals surface area contributed by atoms with Crippen molar-refractivity contribution in [3.63, 3.8) is 0 Å². The van der Waals surface area contributed by atoms with Gasteiger partial charge in [0.05, 0.1) is 56.3 Å². The summed E-state index contributed by atoms with van der Waals surface area (Å²) in [6.07, 6.45) is 6.71. The predicted octanol–water partition coefficient (Wildman–Crippen LogP) is 23.8. The van der Waals surface area contributed by atoms with Crippen LogP contribution in [0.2, 0.25) is 5.02 Å². The van der Waals surface area contributed by atoms with E-state index in [1.165, 1.54) is 12.1 Å². The number of carbonyl (C=O) groups is 4. The fourth-order valence-electron chi connectivity index (χ4n) is 14.7. The van der Waals surface area contributed by atoms with Crippen molar-refractivity contribution >= 4 is 82.0 Å². The van der Waals surface area contributed by atoms with Crippen LogP contribution in [-0.2, 0) is 25.6 Å². The SMILES string of the molecule is CCOC(=O)c1[nH]c(C)c(-c2ccnc(Nc3ccc(F)cc3)n2)c1-c1ccccc1.CCOC(=O)c1[nH]c(C)c(-c2ccnc(Nc3cccc(Cl)c3)n2)c1-c1ccccc1.CCOC(=O)c1[nH]c(C)c(-c2ccnc(Nc3cccc(OC)c3)n2)c1-c1ccccc1.CCOC(=O)c1[nH]c(C)c(-c2ccnc(Nc3cccc(OCc4ccccc4)c3)n2)c1-c1ccccc1. The number of aromatic amines is 4. The third-order valence-electron chi connectivity index (χ3n) is 20.4. The van der Waals surface area contributed by atoms with Crippen molar-refractivity contribution in [1.29, 1.82) is 0 Å². The summed E-state index contributed by atoms with van der Waals surface area (Å²) in [7, 11) is 1.62. The summed E-state index contributed by atoms with van der Waals surface area (Å²) in [6.45, 7) is 16.4. The molecule has 0 atom stereocenters. The Kier molecular flexibility index (Phi) is 30.6. The van der Waals surface area contributed by atoms with Gasteiger partial charge < -0.3 is 69.6 Å². The number of H-pyrrole nitrogens is 4. The number of methoxy groups -OCH3 is 1. The second kappa shape index (κ2) is 44.2. The first kappa shape index (κ1) is 91.5. The number of aromatic nitrogens is 12. The molecule has 26 nitrogen and oxygen atoms in total. The molecule has 0 bridgehead atoms. The van der Waals surface area contributed by atoms with Gasteiger partial charge in [-0.1, -0.05) is 181 Å². The number of anilines is 8. The molecule has 8 aromatic heterocycles. The molecule has 0 amide bonds. The highest BCUT2D eigenvalue weighted by atomic mass is 35.5. The van der Waals surface area contributed by atoms with E-state index in [-0.39, 0.29) is 19.0 Å². The van der Waals surface area contributed by atoms with Crippen molar-refractivity contribution in [1.82, 2.24) is 59.8 Å². The van der Waals surface area contributed by atoms with Crippen LogP contribution in [0.1, 0.15) is 98.0 Å². The standard InChI is InChI=1S/C31H28N4O3.C25H24N4O3.C24H21ClN4O2.C24H21FN4O2/c1-3-37-30(36)29-28(23-13-8-5-9-14-23)27(21(2)33-29)26-17-18-32-31(35-26)34-24-15-10-16-25(19-24)38-20-22-11-6-4-7-12-22;1-4-32-24(30)23-22(17-9-6-5-7-10-17)21(16(2)27-23)20-13-14-26-25(29-20)28-18-11-8-12-19(15-18)31-3;1-3-31-23(30)22-21(16-8-5-4-6-9-16)20(15(2)27-22)19-12-13-26-24(29-19)28-18-11-7-10-17(25)14-18;1-3-31-23(30)22-21(16-7-5-4-6-8-16)20(15(2)27-22)19-13-14-26-24(29-19)28-18-11-9-17(25)10-12-18/h4-19,33H,3,20H2,1-2H3,(H,32,34,35);5-15,27H,4H2,1-3H3,(H,26,28,29);2*4-14,27H,3H2,1-2H3,(H,26,28,29). The highest BCUT2D eigenvalue weighted by molar-refractivity contribution is 6.30. The van der Waals surface area contributed by atoms with E-state index < -0.39 is 23.9 Å². The predicted molar refractivity (Wildman–Crippen MR) is 513 cm³/mol. The Balaban J connectivity index is 0.000000142. The van der Waals surface area contributed by atoms with Gasteiger partial charge in [0.2, 0.25) is 23.8 Å². The third-order valence-corrected chi connectivity index (χ3v) is 20.6. The van der Waals surface area contributed by atoms with E-state index in [2.05, 4.69) is 66.1 Å². The molecule has 0 fully saturated rings. The van der Waals surface area contributed by atoms with E-state index in [9.17, 15) is 23.6 Å². The van der Waals surface area contributed by atoms with Crippen LogP contribution in [0.25, 0.3) is 89.5 Å². The molecular weight excluding hydrogens is 1690 g/mol. The van der Waals surface area contributed by atoms with Crippen LogP contribution >= 0.6 is 11.6 Å². The molecule has 0 unspecified atom stereocenters. The Bertz CT molecular complexity index is 6820. The van der Waals surface area contributed by atoms with Crippen LogP contribution < -0.4 is 30.7 Å². The van der Waals surface area contributed by atoms with Gasteiger partial charge in [-0.3, -0.25) is 0 Å². The zero-order valence-electron chi connectivity index (χ0n) is 73.7. The van der Waals surface area contributed by atoms with Crippen LogP contribution in [0.4, 0.5) is 50.9 Å². The lowest BCUT2D eigenvalue weighted by molar-refractivity contribution is 0.0511. The number of nitrogens with zero attached hydrogens (tertiary/aromatic N) is 8. The van der Waals surface area contributed by atoms with Crippen molar-refractivity contribution in [2.75, 3.05) is 54.8 Å². The number of hydrogen-bond donors (Lipinski definition) is 8. The average Bonchev–Trinajstić information content (AvgIpc) is 1.63. The smallest absolute Gasteiger partial charge is 0.355 e. The van der Waals surface area contributed by atoms with Gasteiger partial charge in [0, 0.05) is 132 Å². The van der Waals surface area contributed by atoms with Gasteiger partial charge in [-0.25, -0.2) is 63.4 Å². The quantitative estimate of drug-likeness (QED) is 0.0167. The van der Waals surface area contributed by atoms with Crippen LogP contribution in [-0.4, -0.2) is 117 Å². The first-order valence-electron chi connectivity index (χ1n) is 42.5. The molecule has 0 spiro atoms. The summed E-state index contributed by atoms with van der Waals surface area (Å²) in [5.41, 5.74) is 21.5. The summed E-state index contributed by atoms with van der Waals surface area (Å²) >= 11 is 6.08. The van der Waals surface area contributed by atoms with E-state index in [4.69, 9.17) is 55.0 Å². The van der Waals surface area contributed by atoms with Gasteiger partial charge >= 0.3 is 23.9 Å². The van der Waals surface area contributed by atoms with E-state index in [0.29, 0.717) is 99.9 Å². The zero-order valence-corrected chi connectivity index (χ0v) is 74.5. The molecule has 0 radical (unpaired) electrons. The van der Waals surface area contributed by atoms with Crippen molar-refractivity contribution in [3.8, 4) is 101 Å². The van der Waals surface area contributed by atoms with E-state index in [1.54, 1.807) is 89.9 Å². The number of nitrogens with one attached hydrogen (secondary N) is 8. The maximum atomic E-state index is 13.2. The van der Waals surface area contributed by atoms with Crippen LogP contribution in [0.3, 0.4) is 0 Å². The number of aryl methyl sites for hydroxylation is 4. The number of carbonyl (C=O) groups excluding carboxylic acids is 4. The van der Waals surface area contributed by atoms with Gasteiger partial charge in [0.15, 0.2) is 0 Å².